The highest BCUT2D eigenvalue weighted by atomic mass is 16.5. The summed E-state index contributed by atoms with van der Waals surface area (Å²) in [5.41, 5.74) is -3.72. The Morgan fingerprint density at radius 3 is 2.33 bits per heavy atom. The number of morpholine rings is 1. The number of hydrogen-bond acceptors (Lipinski definition) is 7. The zero-order chi connectivity index (χ0) is 31.0. The molecule has 0 spiro atoms. The van der Waals surface area contributed by atoms with Crippen molar-refractivity contribution in [2.45, 2.75) is 35.8 Å². The van der Waals surface area contributed by atoms with Crippen LogP contribution in [-0.2, 0) is 34.0 Å². The minimum Gasteiger partial charge on any atom is -0.398 e. The van der Waals surface area contributed by atoms with Gasteiger partial charge >= 0.3 is 0 Å². The second-order valence-electron chi connectivity index (χ2n) is 10.6. The van der Waals surface area contributed by atoms with Crippen LogP contribution in [0.15, 0.2) is 24.3 Å². The fourth-order valence-corrected chi connectivity index (χ4v) is 5.28. The molecule has 14 radical (unpaired) electrons. The lowest BCUT2D eigenvalue weighted by molar-refractivity contribution is -0.136. The number of carbonyl (C=O) groups excluding carboxylic acids is 3. The van der Waals surface area contributed by atoms with Crippen LogP contribution < -0.4 is 27.0 Å². The van der Waals surface area contributed by atoms with Crippen LogP contribution in [0.4, 0.5) is 5.69 Å². The van der Waals surface area contributed by atoms with Gasteiger partial charge < -0.3 is 30.2 Å². The molecular formula is C26H25B7N4O5. The van der Waals surface area contributed by atoms with Crippen molar-refractivity contribution in [1.29, 1.82) is 0 Å². The van der Waals surface area contributed by atoms with Gasteiger partial charge in [-0.05, 0) is 16.3 Å². The van der Waals surface area contributed by atoms with E-state index in [-0.39, 0.29) is 46.0 Å². The van der Waals surface area contributed by atoms with Gasteiger partial charge in [0.2, 0.25) is 5.91 Å². The molecule has 3 N–H and O–H groups in total. The Morgan fingerprint density at radius 1 is 1.07 bits per heavy atom. The SMILES string of the molecule is [B]c1c([B])c(NCc2cccc(CN3CCOCC3)c2)c2c(c1[B])C(=O)N(C([B])(C(=O)NC)C([B])(O)C([B])([B])C=O)C2. The molecule has 0 bridgehead atoms. The van der Waals surface area contributed by atoms with Crippen LogP contribution >= 0.6 is 0 Å². The number of aldehydes is 1. The van der Waals surface area contributed by atoms with Gasteiger partial charge in [-0.25, -0.2) is 0 Å². The molecule has 2 unspecified atom stereocenters. The number of nitrogens with zero attached hydrogens (tertiary/aromatic N) is 2. The van der Waals surface area contributed by atoms with Crippen LogP contribution in [0, 0.1) is 0 Å². The second-order valence-corrected chi connectivity index (χ2v) is 10.6. The smallest absolute Gasteiger partial charge is 0.254 e. The summed E-state index contributed by atoms with van der Waals surface area (Å²) in [5, 5.41) is 13.9. The molecule has 0 aromatic heterocycles. The van der Waals surface area contributed by atoms with Crippen LogP contribution in [0.2, 0.25) is 5.21 Å². The first-order valence-corrected chi connectivity index (χ1v) is 13.2. The molecule has 2 atom stereocenters. The largest absolute Gasteiger partial charge is 0.398 e. The quantitative estimate of drug-likeness (QED) is 0.203. The fraction of sp³-hybridized carbons (Fsp3) is 0.423. The lowest BCUT2D eigenvalue weighted by Crippen LogP contribution is -2.76. The Balaban J connectivity index is 1.69. The molecular weight excluding hydrogens is 524 g/mol. The highest BCUT2D eigenvalue weighted by molar-refractivity contribution is 6.60. The number of likely N-dealkylation sites (N-methyl/N-ethyl adjacent to an activating group) is 1. The summed E-state index contributed by atoms with van der Waals surface area (Å²) in [7, 11) is 43.7. The minimum atomic E-state index is -3.15. The normalized spacial score (nSPS) is 18.5. The lowest BCUT2D eigenvalue weighted by atomic mass is 9.34. The molecule has 16 heteroatoms. The van der Waals surface area contributed by atoms with Crippen molar-refractivity contribution in [3.63, 3.8) is 0 Å². The van der Waals surface area contributed by atoms with Crippen molar-refractivity contribution in [3.05, 3.63) is 46.5 Å². The molecule has 2 aliphatic rings. The predicted octanol–water partition coefficient (Wildman–Crippen LogP) is -4.41. The van der Waals surface area contributed by atoms with Gasteiger partial charge in [0, 0.05) is 62.1 Å². The van der Waals surface area contributed by atoms with Crippen molar-refractivity contribution in [2.75, 3.05) is 38.7 Å². The average molecular weight is 549 g/mol. The zero-order valence-corrected chi connectivity index (χ0v) is 23.4. The highest BCUT2D eigenvalue weighted by Crippen LogP contribution is 2.42. The summed E-state index contributed by atoms with van der Waals surface area (Å²) < 4.78 is 5.42. The summed E-state index contributed by atoms with van der Waals surface area (Å²) in [6.45, 7) is 3.71. The van der Waals surface area contributed by atoms with E-state index in [1.165, 1.54) is 7.05 Å². The van der Waals surface area contributed by atoms with Crippen molar-refractivity contribution < 1.29 is 24.2 Å². The Hall–Kier alpha value is -2.82. The molecule has 42 heavy (non-hydrogen) atoms. The summed E-state index contributed by atoms with van der Waals surface area (Å²) in [4.78, 5) is 41.6. The number of ether oxygens (including phenoxy) is 1. The number of fused-ring (bicyclic) bond motifs is 1. The second kappa shape index (κ2) is 12.1. The van der Waals surface area contributed by atoms with Gasteiger partial charge in [0.25, 0.3) is 5.91 Å². The van der Waals surface area contributed by atoms with Gasteiger partial charge in [-0.3, -0.25) is 14.5 Å². The van der Waals surface area contributed by atoms with Gasteiger partial charge in [-0.15, -0.1) is 5.46 Å². The standard InChI is InChI=1S/C26H25B7N4O5/c1-34-23(40)25(32,26(33,41)24(30,31)13-38)37-12-16-17(22(37)39)18(27)19(28)20(29)21(16)35-10-14-3-2-4-15(9-14)11-36-5-7-42-8-6-36/h2-4,9,13,35,41H,5-8,10-12H2,1H3,(H,34,40). The van der Waals surface area contributed by atoms with Gasteiger partial charge in [0.1, 0.15) is 45.5 Å². The molecule has 2 heterocycles. The molecule has 200 valence electrons. The Bertz CT molecular complexity index is 1400. The van der Waals surface area contributed by atoms with Gasteiger partial charge in [-0.2, -0.15) is 0 Å². The van der Waals surface area contributed by atoms with E-state index in [0.717, 1.165) is 35.7 Å². The fourth-order valence-electron chi connectivity index (χ4n) is 5.28. The number of hydrogen-bond donors (Lipinski definition) is 3. The van der Waals surface area contributed by atoms with Crippen LogP contribution in [-0.4, -0.2) is 132 Å². The maximum Gasteiger partial charge on any atom is 0.254 e. The topological polar surface area (TPSA) is 111 Å². The predicted molar refractivity (Wildman–Crippen MR) is 166 cm³/mol. The first kappa shape index (κ1) is 32.1. The number of aliphatic hydroxyl groups is 1. The summed E-state index contributed by atoms with van der Waals surface area (Å²) in [6, 6.07) is 7.95. The van der Waals surface area contributed by atoms with Crippen molar-refractivity contribution in [1.82, 2.24) is 15.1 Å². The van der Waals surface area contributed by atoms with Crippen molar-refractivity contribution in [2.24, 2.45) is 0 Å². The van der Waals surface area contributed by atoms with E-state index in [2.05, 4.69) is 15.5 Å². The van der Waals surface area contributed by atoms with E-state index in [1.54, 1.807) is 0 Å². The number of anilines is 1. The summed E-state index contributed by atoms with van der Waals surface area (Å²) >= 11 is 0. The molecule has 4 rings (SSSR count). The van der Waals surface area contributed by atoms with Gasteiger partial charge in [0.05, 0.1) is 34.3 Å². The number of benzene rings is 2. The maximum atomic E-state index is 13.8. The Labute approximate surface area is 255 Å². The van der Waals surface area contributed by atoms with E-state index in [4.69, 9.17) is 59.7 Å². The number of amides is 2. The van der Waals surface area contributed by atoms with E-state index in [0.29, 0.717) is 13.2 Å². The minimum absolute atomic E-state index is 0.0656. The number of carbonyl (C=O) groups is 3. The molecule has 1 fully saturated rings. The molecule has 0 saturated carbocycles. The molecule has 0 aliphatic carbocycles. The number of nitrogens with one attached hydrogen (secondary N) is 2. The first-order valence-electron chi connectivity index (χ1n) is 13.2. The lowest BCUT2D eigenvalue weighted by Gasteiger charge is -2.54. The summed E-state index contributed by atoms with van der Waals surface area (Å²) in [5.74, 6) is -2.07. The molecule has 2 aromatic rings. The average Bonchev–Trinajstić information content (AvgIpc) is 3.32. The third-order valence-corrected chi connectivity index (χ3v) is 7.90. The van der Waals surface area contributed by atoms with Crippen LogP contribution in [0.25, 0.3) is 0 Å². The van der Waals surface area contributed by atoms with E-state index < -0.39 is 34.5 Å². The Morgan fingerprint density at radius 2 is 1.71 bits per heavy atom. The molecule has 2 aliphatic heterocycles. The number of rotatable bonds is 10. The molecule has 2 amide bonds. The van der Waals surface area contributed by atoms with E-state index in [1.807, 2.05) is 24.3 Å². The van der Waals surface area contributed by atoms with Crippen molar-refractivity contribution in [3.8, 4) is 0 Å². The van der Waals surface area contributed by atoms with E-state index >= 15 is 0 Å². The third-order valence-electron chi connectivity index (χ3n) is 7.90. The molecule has 1 saturated heterocycles. The van der Waals surface area contributed by atoms with Crippen LogP contribution in [0.3, 0.4) is 0 Å². The van der Waals surface area contributed by atoms with E-state index in [9.17, 15) is 19.5 Å². The highest BCUT2D eigenvalue weighted by Gasteiger charge is 2.60. The first-order chi connectivity index (χ1) is 19.7. The molecule has 9 nitrogen and oxygen atoms in total. The Kier molecular flexibility index (Phi) is 9.21. The van der Waals surface area contributed by atoms with Crippen molar-refractivity contribution >= 4 is 95.1 Å². The zero-order valence-electron chi connectivity index (χ0n) is 23.4. The summed E-state index contributed by atoms with van der Waals surface area (Å²) in [6.07, 6.45) is -0.0737. The monoisotopic (exact) mass is 550 g/mol. The molecule has 2 aromatic carbocycles. The van der Waals surface area contributed by atoms with Crippen LogP contribution in [0.5, 0.6) is 0 Å². The maximum absolute atomic E-state index is 13.8. The van der Waals surface area contributed by atoms with Crippen LogP contribution in [0.1, 0.15) is 27.0 Å². The van der Waals surface area contributed by atoms with Gasteiger partial charge in [-0.1, -0.05) is 35.2 Å². The third kappa shape index (κ3) is 5.37. The van der Waals surface area contributed by atoms with Gasteiger partial charge in [0.15, 0.2) is 0 Å².